The van der Waals surface area contributed by atoms with Crippen LogP contribution in [0.3, 0.4) is 0 Å². The highest BCUT2D eigenvalue weighted by Crippen LogP contribution is 2.46. The topological polar surface area (TPSA) is 73.2 Å². The van der Waals surface area contributed by atoms with Crippen LogP contribution in [0.2, 0.25) is 0 Å². The lowest BCUT2D eigenvalue weighted by molar-refractivity contribution is 0.0552. The number of ether oxygens (including phenoxy) is 1. The molecule has 1 saturated heterocycles. The molecular weight excluding hydrogens is 342 g/mol. The van der Waals surface area contributed by atoms with Gasteiger partial charge in [-0.25, -0.2) is 0 Å². The highest BCUT2D eigenvalue weighted by molar-refractivity contribution is 6.12. The number of aliphatic hydroxyl groups is 2. The quantitative estimate of drug-likeness (QED) is 0.608. The van der Waals surface area contributed by atoms with E-state index in [1.54, 1.807) is 19.2 Å². The maximum absolute atomic E-state index is 11.2. The minimum absolute atomic E-state index is 0.118. The third kappa shape index (κ3) is 2.35. The van der Waals surface area contributed by atoms with E-state index in [9.17, 15) is 15.3 Å². The number of phenolic OH excluding ortho intramolecular Hbond substituents is 1. The van der Waals surface area contributed by atoms with Crippen molar-refractivity contribution in [3.63, 3.8) is 0 Å². The first-order chi connectivity index (χ1) is 13.1. The van der Waals surface area contributed by atoms with Crippen LogP contribution < -0.4 is 4.74 Å². The van der Waals surface area contributed by atoms with Gasteiger partial charge in [0.1, 0.15) is 11.5 Å². The van der Waals surface area contributed by atoms with Crippen molar-refractivity contribution in [2.24, 2.45) is 0 Å². The molecule has 2 aliphatic rings. The first-order valence-electron chi connectivity index (χ1n) is 9.43. The molecule has 1 fully saturated rings. The largest absolute Gasteiger partial charge is 0.508 e. The molecule has 3 aromatic rings. The van der Waals surface area contributed by atoms with Crippen molar-refractivity contribution in [1.29, 1.82) is 0 Å². The maximum atomic E-state index is 11.2. The van der Waals surface area contributed by atoms with Crippen molar-refractivity contribution in [3.8, 4) is 11.5 Å². The van der Waals surface area contributed by atoms with Gasteiger partial charge < -0.3 is 20.1 Å². The van der Waals surface area contributed by atoms with E-state index in [4.69, 9.17) is 4.74 Å². The van der Waals surface area contributed by atoms with Gasteiger partial charge in [-0.1, -0.05) is 6.07 Å². The molecule has 27 heavy (non-hydrogen) atoms. The van der Waals surface area contributed by atoms with E-state index in [1.165, 1.54) is 0 Å². The van der Waals surface area contributed by atoms with E-state index in [0.717, 1.165) is 58.6 Å². The van der Waals surface area contributed by atoms with Crippen LogP contribution in [0.1, 0.15) is 35.6 Å². The summed E-state index contributed by atoms with van der Waals surface area (Å²) in [6.45, 7) is 1.68. The lowest BCUT2D eigenvalue weighted by Crippen LogP contribution is -2.39. The Bertz CT molecular complexity index is 1060. The summed E-state index contributed by atoms with van der Waals surface area (Å²) in [6, 6.07) is 9.40. The number of methoxy groups -OCH3 is 1. The monoisotopic (exact) mass is 365 g/mol. The van der Waals surface area contributed by atoms with Crippen molar-refractivity contribution in [2.45, 2.75) is 38.1 Å². The molecule has 0 saturated carbocycles. The van der Waals surface area contributed by atoms with Gasteiger partial charge in [-0.05, 0) is 76.3 Å². The van der Waals surface area contributed by atoms with Crippen molar-refractivity contribution in [1.82, 2.24) is 4.90 Å². The summed E-state index contributed by atoms with van der Waals surface area (Å²) >= 11 is 0. The summed E-state index contributed by atoms with van der Waals surface area (Å²) in [6.07, 6.45) is 1.56. The summed E-state index contributed by atoms with van der Waals surface area (Å²) in [5, 5.41) is 34.9. The Morgan fingerprint density at radius 3 is 2.70 bits per heavy atom. The first-order valence-corrected chi connectivity index (χ1v) is 9.43. The molecule has 2 unspecified atom stereocenters. The molecule has 0 aliphatic carbocycles. The average Bonchev–Trinajstić information content (AvgIpc) is 3.16. The van der Waals surface area contributed by atoms with Crippen molar-refractivity contribution >= 4 is 21.5 Å². The minimum atomic E-state index is -0.545. The number of aliphatic hydroxyl groups excluding tert-OH is 2. The number of rotatable bonds is 2. The molecule has 3 aromatic carbocycles. The zero-order valence-corrected chi connectivity index (χ0v) is 15.3. The Kier molecular flexibility index (Phi) is 3.79. The molecule has 2 atom stereocenters. The predicted octanol–water partition coefficient (Wildman–Crippen LogP) is 3.21. The molecule has 5 rings (SSSR count). The minimum Gasteiger partial charge on any atom is -0.508 e. The van der Waals surface area contributed by atoms with Gasteiger partial charge in [-0.15, -0.1) is 0 Å². The van der Waals surface area contributed by atoms with Gasteiger partial charge in [0.25, 0.3) is 0 Å². The molecule has 3 N–H and O–H groups in total. The van der Waals surface area contributed by atoms with Crippen LogP contribution in [0, 0.1) is 0 Å². The van der Waals surface area contributed by atoms with Gasteiger partial charge in [0.15, 0.2) is 0 Å². The third-order valence-electron chi connectivity index (χ3n) is 6.26. The maximum Gasteiger partial charge on any atom is 0.125 e. The molecule has 0 spiro atoms. The van der Waals surface area contributed by atoms with E-state index < -0.39 is 6.10 Å². The predicted molar refractivity (Wildman–Crippen MR) is 104 cm³/mol. The molecule has 5 heteroatoms. The molecule has 2 heterocycles. The molecule has 0 bridgehead atoms. The lowest BCUT2D eigenvalue weighted by atomic mass is 9.83. The van der Waals surface area contributed by atoms with Crippen LogP contribution >= 0.6 is 0 Å². The number of hydrogen-bond donors (Lipinski definition) is 3. The van der Waals surface area contributed by atoms with Crippen molar-refractivity contribution < 1.29 is 20.1 Å². The Balaban J connectivity index is 1.93. The van der Waals surface area contributed by atoms with Crippen LogP contribution in [-0.2, 0) is 13.2 Å². The summed E-state index contributed by atoms with van der Waals surface area (Å²) in [5.74, 6) is 0.836. The summed E-state index contributed by atoms with van der Waals surface area (Å²) in [4.78, 5) is 2.37. The fourth-order valence-electron chi connectivity index (χ4n) is 5.02. The molecule has 0 amide bonds. The smallest absolute Gasteiger partial charge is 0.125 e. The first kappa shape index (κ1) is 16.8. The van der Waals surface area contributed by atoms with E-state index >= 15 is 0 Å². The van der Waals surface area contributed by atoms with Gasteiger partial charge in [-0.3, -0.25) is 4.90 Å². The number of hydrogen-bond acceptors (Lipinski definition) is 5. The Morgan fingerprint density at radius 1 is 1.11 bits per heavy atom. The number of aromatic hydroxyl groups is 1. The number of benzene rings is 3. The number of fused-ring (bicyclic) bond motifs is 7. The van der Waals surface area contributed by atoms with E-state index in [1.807, 2.05) is 18.2 Å². The summed E-state index contributed by atoms with van der Waals surface area (Å²) < 4.78 is 5.50. The van der Waals surface area contributed by atoms with E-state index in [0.29, 0.717) is 11.3 Å². The molecule has 140 valence electrons. The fourth-order valence-corrected chi connectivity index (χ4v) is 5.02. The normalized spacial score (nSPS) is 22.2. The summed E-state index contributed by atoms with van der Waals surface area (Å²) in [5.41, 5.74) is 2.81. The van der Waals surface area contributed by atoms with Gasteiger partial charge in [0.2, 0.25) is 0 Å². The van der Waals surface area contributed by atoms with Crippen LogP contribution in [0.4, 0.5) is 0 Å². The SMILES string of the molecule is COc1cc2c3c(c4ccc(O)cc4c2cc1CO)C(O)C1CCCN1C3. The third-order valence-corrected chi connectivity index (χ3v) is 6.26. The van der Waals surface area contributed by atoms with Gasteiger partial charge in [0.05, 0.1) is 19.8 Å². The highest BCUT2D eigenvalue weighted by Gasteiger charge is 2.38. The lowest BCUT2D eigenvalue weighted by Gasteiger charge is -2.37. The van der Waals surface area contributed by atoms with Gasteiger partial charge >= 0.3 is 0 Å². The van der Waals surface area contributed by atoms with Crippen LogP contribution in [0.15, 0.2) is 30.3 Å². The molecule has 0 radical (unpaired) electrons. The Morgan fingerprint density at radius 2 is 1.93 bits per heavy atom. The van der Waals surface area contributed by atoms with Crippen LogP contribution in [-0.4, -0.2) is 39.9 Å². The zero-order chi connectivity index (χ0) is 18.7. The van der Waals surface area contributed by atoms with Crippen molar-refractivity contribution in [3.05, 3.63) is 47.0 Å². The fraction of sp³-hybridized carbons (Fsp3) is 0.364. The molecule has 5 nitrogen and oxygen atoms in total. The molecular formula is C22H23NO4. The van der Waals surface area contributed by atoms with E-state index in [2.05, 4.69) is 4.90 Å². The molecule has 0 aromatic heterocycles. The van der Waals surface area contributed by atoms with E-state index in [-0.39, 0.29) is 18.4 Å². The van der Waals surface area contributed by atoms with Gasteiger partial charge in [-0.2, -0.15) is 0 Å². The summed E-state index contributed by atoms with van der Waals surface area (Å²) in [7, 11) is 1.60. The second-order valence-electron chi connectivity index (χ2n) is 7.61. The standard InChI is InChI=1S/C22H23NO4/c1-27-20-9-17-15(7-12(20)11-24)16-8-13(25)4-5-14(16)21-18(17)10-23-6-2-3-19(23)22(21)26/h4-5,7-9,19,22,24-26H,2-3,6,10-11H2,1H3. The number of phenols is 1. The second kappa shape index (κ2) is 6.09. The molecule has 2 aliphatic heterocycles. The van der Waals surface area contributed by atoms with Gasteiger partial charge in [0, 0.05) is 18.2 Å². The second-order valence-corrected chi connectivity index (χ2v) is 7.61. The van der Waals surface area contributed by atoms with Crippen molar-refractivity contribution in [2.75, 3.05) is 13.7 Å². The zero-order valence-electron chi connectivity index (χ0n) is 15.3. The average molecular weight is 365 g/mol. The van der Waals surface area contributed by atoms with Crippen LogP contribution in [0.5, 0.6) is 11.5 Å². The van der Waals surface area contributed by atoms with Crippen LogP contribution in [0.25, 0.3) is 21.5 Å². The Hall–Kier alpha value is -2.34. The number of nitrogens with zero attached hydrogens (tertiary/aromatic N) is 1. The highest BCUT2D eigenvalue weighted by atomic mass is 16.5. The Labute approximate surface area is 157 Å².